The number of nitrogens with zero attached hydrogens (tertiary/aromatic N) is 1. The van der Waals surface area contributed by atoms with E-state index in [0.29, 0.717) is 6.42 Å². The van der Waals surface area contributed by atoms with Gasteiger partial charge < -0.3 is 14.8 Å². The van der Waals surface area contributed by atoms with Crippen LogP contribution in [-0.2, 0) is 25.5 Å². The number of ether oxygens (including phenoxy) is 2. The van der Waals surface area contributed by atoms with Crippen molar-refractivity contribution in [3.05, 3.63) is 71.9 Å². The molecule has 0 saturated carbocycles. The molecule has 9 nitrogen and oxygen atoms in total. The van der Waals surface area contributed by atoms with Crippen LogP contribution in [0.25, 0.3) is 11.1 Å². The van der Waals surface area contributed by atoms with Crippen LogP contribution in [0.3, 0.4) is 0 Å². The Morgan fingerprint density at radius 2 is 1.64 bits per heavy atom. The maximum Gasteiger partial charge on any atom is 0.356 e. The number of aromatic amines is 1. The average molecular weight is 493 g/mol. The number of hydrogen-bond donors (Lipinski definition) is 3. The van der Waals surface area contributed by atoms with Crippen LogP contribution in [0.5, 0.6) is 0 Å². The molecule has 9 heteroatoms. The number of carbonyl (C=O) groups excluding carboxylic acids is 3. The minimum Gasteiger partial charge on any atom is -0.464 e. The van der Waals surface area contributed by atoms with Crippen molar-refractivity contribution < 1.29 is 23.9 Å². The fourth-order valence-electron chi connectivity index (χ4n) is 3.50. The summed E-state index contributed by atoms with van der Waals surface area (Å²) in [5.74, 6) is -1.32. The molecule has 3 aromatic rings. The number of rotatable bonds is 9. The molecule has 3 rings (SSSR count). The van der Waals surface area contributed by atoms with E-state index in [1.54, 1.807) is 27.7 Å². The van der Waals surface area contributed by atoms with E-state index in [0.717, 1.165) is 16.7 Å². The highest BCUT2D eigenvalue weighted by molar-refractivity contribution is 5.96. The second-order valence-corrected chi connectivity index (χ2v) is 9.39. The number of hydrogen-bond acceptors (Lipinski definition) is 7. The maximum atomic E-state index is 13.2. The second kappa shape index (κ2) is 11.6. The number of benzene rings is 2. The van der Waals surface area contributed by atoms with E-state index in [1.165, 1.54) is 13.2 Å². The lowest BCUT2D eigenvalue weighted by Crippen LogP contribution is -2.50. The van der Waals surface area contributed by atoms with Gasteiger partial charge in [-0.05, 0) is 50.8 Å². The summed E-state index contributed by atoms with van der Waals surface area (Å²) in [5.41, 5.74) is 2.50. The highest BCUT2D eigenvalue weighted by Gasteiger charge is 2.28. The number of H-pyrrole nitrogens is 1. The maximum absolute atomic E-state index is 13.2. The molecule has 190 valence electrons. The molecular weight excluding hydrogens is 460 g/mol. The van der Waals surface area contributed by atoms with Gasteiger partial charge in [0.2, 0.25) is 5.91 Å². The smallest absolute Gasteiger partial charge is 0.356 e. The Morgan fingerprint density at radius 3 is 2.25 bits per heavy atom. The monoisotopic (exact) mass is 492 g/mol. The number of anilines is 1. The first-order valence-corrected chi connectivity index (χ1v) is 11.6. The van der Waals surface area contributed by atoms with Gasteiger partial charge >= 0.3 is 11.9 Å². The predicted molar refractivity (Wildman–Crippen MR) is 136 cm³/mol. The molecule has 1 aromatic heterocycles. The summed E-state index contributed by atoms with van der Waals surface area (Å²) in [4.78, 5) is 37.4. The molecule has 0 fully saturated rings. The minimum atomic E-state index is -0.784. The Morgan fingerprint density at radius 1 is 1.00 bits per heavy atom. The summed E-state index contributed by atoms with van der Waals surface area (Å²) in [6, 6.07) is 17.7. The second-order valence-electron chi connectivity index (χ2n) is 9.39. The number of methoxy groups -OCH3 is 1. The van der Waals surface area contributed by atoms with E-state index >= 15 is 0 Å². The van der Waals surface area contributed by atoms with Crippen molar-refractivity contribution in [3.63, 3.8) is 0 Å². The molecule has 0 bridgehead atoms. The molecule has 3 N–H and O–H groups in total. The van der Waals surface area contributed by atoms with E-state index in [2.05, 4.69) is 25.6 Å². The third kappa shape index (κ3) is 7.51. The number of nitrogens with one attached hydrogen (secondary N) is 3. The SMILES string of the molecule is COC(=O)c1cc(NC(=O)C(Cc2ccc(-c3ccccc3)cc2)N[C@@H](C)C(=O)OC(C)(C)C)n[nH]1. The Bertz CT molecular complexity index is 1180. The number of amides is 1. The standard InChI is InChI=1S/C27H32N4O5/c1-17(25(33)36-27(2,3)4)28-21(24(32)29-23-16-22(30-31-23)26(34)35-5)15-18-11-13-20(14-12-18)19-9-7-6-8-10-19/h6-14,16-17,21,28H,15H2,1-5H3,(H2,29,30,31,32)/t17-,21?/m0/s1. The fourth-order valence-corrected chi connectivity index (χ4v) is 3.50. The highest BCUT2D eigenvalue weighted by Crippen LogP contribution is 2.20. The zero-order valence-electron chi connectivity index (χ0n) is 21.1. The van der Waals surface area contributed by atoms with E-state index in [4.69, 9.17) is 4.74 Å². The highest BCUT2D eigenvalue weighted by atomic mass is 16.6. The van der Waals surface area contributed by atoms with Crippen LogP contribution < -0.4 is 10.6 Å². The van der Waals surface area contributed by atoms with Gasteiger partial charge in [0.15, 0.2) is 5.82 Å². The van der Waals surface area contributed by atoms with Crippen molar-refractivity contribution in [1.82, 2.24) is 15.5 Å². The normalized spacial score (nSPS) is 12.9. The zero-order valence-corrected chi connectivity index (χ0v) is 21.1. The quantitative estimate of drug-likeness (QED) is 0.389. The third-order valence-electron chi connectivity index (χ3n) is 5.26. The first kappa shape index (κ1) is 26.6. The summed E-state index contributed by atoms with van der Waals surface area (Å²) in [5, 5.41) is 12.2. The zero-order chi connectivity index (χ0) is 26.3. The van der Waals surface area contributed by atoms with Crippen LogP contribution in [0, 0.1) is 0 Å². The van der Waals surface area contributed by atoms with Crippen LogP contribution in [0.2, 0.25) is 0 Å². The summed E-state index contributed by atoms with van der Waals surface area (Å²) < 4.78 is 10.1. The van der Waals surface area contributed by atoms with Gasteiger partial charge in [0.05, 0.1) is 13.2 Å². The van der Waals surface area contributed by atoms with Crippen molar-refractivity contribution in [2.24, 2.45) is 0 Å². The molecule has 36 heavy (non-hydrogen) atoms. The molecular formula is C27H32N4O5. The number of aromatic nitrogens is 2. The molecule has 1 amide bonds. The molecule has 0 radical (unpaired) electrons. The van der Waals surface area contributed by atoms with Gasteiger partial charge in [-0.25, -0.2) is 4.79 Å². The number of esters is 2. The Kier molecular flexibility index (Phi) is 8.60. The molecule has 1 heterocycles. The summed E-state index contributed by atoms with van der Waals surface area (Å²) in [6.45, 7) is 7.00. The molecule has 0 aliphatic carbocycles. The van der Waals surface area contributed by atoms with Crippen molar-refractivity contribution in [2.45, 2.75) is 51.8 Å². The largest absolute Gasteiger partial charge is 0.464 e. The van der Waals surface area contributed by atoms with Crippen LogP contribution in [0.1, 0.15) is 43.7 Å². The van der Waals surface area contributed by atoms with Gasteiger partial charge in [0, 0.05) is 6.07 Å². The van der Waals surface area contributed by atoms with Crippen molar-refractivity contribution in [3.8, 4) is 11.1 Å². The Labute approximate surface area is 210 Å². The van der Waals surface area contributed by atoms with Gasteiger partial charge in [-0.3, -0.25) is 20.0 Å². The molecule has 0 saturated heterocycles. The first-order chi connectivity index (χ1) is 17.1. The summed E-state index contributed by atoms with van der Waals surface area (Å²) >= 11 is 0. The molecule has 0 aliphatic rings. The first-order valence-electron chi connectivity index (χ1n) is 11.6. The number of carbonyl (C=O) groups is 3. The molecule has 1 unspecified atom stereocenters. The van der Waals surface area contributed by atoms with Gasteiger partial charge in [-0.15, -0.1) is 0 Å². The van der Waals surface area contributed by atoms with Crippen LogP contribution in [0.15, 0.2) is 60.7 Å². The van der Waals surface area contributed by atoms with Crippen molar-refractivity contribution >= 4 is 23.7 Å². The molecule has 2 aromatic carbocycles. The molecule has 0 spiro atoms. The lowest BCUT2D eigenvalue weighted by molar-refractivity contribution is -0.157. The molecule has 2 atom stereocenters. The third-order valence-corrected chi connectivity index (χ3v) is 5.26. The van der Waals surface area contributed by atoms with Gasteiger partial charge in [-0.2, -0.15) is 5.10 Å². The lowest BCUT2D eigenvalue weighted by atomic mass is 10.00. The van der Waals surface area contributed by atoms with E-state index in [9.17, 15) is 14.4 Å². The summed E-state index contributed by atoms with van der Waals surface area (Å²) in [7, 11) is 1.25. The fraction of sp³-hybridized carbons (Fsp3) is 0.333. The van der Waals surface area contributed by atoms with Gasteiger partial charge in [0.1, 0.15) is 17.3 Å². The van der Waals surface area contributed by atoms with E-state index < -0.39 is 35.5 Å². The van der Waals surface area contributed by atoms with Crippen LogP contribution in [-0.4, -0.2) is 52.8 Å². The van der Waals surface area contributed by atoms with E-state index in [-0.39, 0.29) is 11.5 Å². The molecule has 0 aliphatic heterocycles. The predicted octanol–water partition coefficient (Wildman–Crippen LogP) is 3.73. The summed E-state index contributed by atoms with van der Waals surface area (Å²) in [6.07, 6.45) is 0.308. The van der Waals surface area contributed by atoms with Crippen molar-refractivity contribution in [1.29, 1.82) is 0 Å². The topological polar surface area (TPSA) is 122 Å². The van der Waals surface area contributed by atoms with E-state index in [1.807, 2.05) is 54.6 Å². The van der Waals surface area contributed by atoms with Crippen LogP contribution >= 0.6 is 0 Å². The van der Waals surface area contributed by atoms with Gasteiger partial charge in [-0.1, -0.05) is 54.6 Å². The lowest BCUT2D eigenvalue weighted by Gasteiger charge is -2.25. The Hall–Kier alpha value is -3.98. The minimum absolute atomic E-state index is 0.107. The van der Waals surface area contributed by atoms with Crippen LogP contribution in [0.4, 0.5) is 5.82 Å². The van der Waals surface area contributed by atoms with Crippen molar-refractivity contribution in [2.75, 3.05) is 12.4 Å². The Balaban J connectivity index is 1.77. The van der Waals surface area contributed by atoms with Gasteiger partial charge in [0.25, 0.3) is 0 Å². The average Bonchev–Trinajstić information content (AvgIpc) is 3.31.